The molecule has 3 heteroatoms. The Labute approximate surface area is 154 Å². The van der Waals surface area contributed by atoms with Gasteiger partial charge in [0.2, 0.25) is 0 Å². The lowest BCUT2D eigenvalue weighted by molar-refractivity contribution is -0.0195. The number of hydrogen-bond donors (Lipinski definition) is 3. The van der Waals surface area contributed by atoms with Gasteiger partial charge in [0, 0.05) is 0 Å². The molecule has 3 fully saturated rings. The Hall–Kier alpha value is -0.120. The topological polar surface area (TPSA) is 60.7 Å². The summed E-state index contributed by atoms with van der Waals surface area (Å²) in [5.74, 6) is 2.28. The van der Waals surface area contributed by atoms with E-state index < -0.39 is 0 Å². The van der Waals surface area contributed by atoms with Crippen molar-refractivity contribution >= 4 is 0 Å². The summed E-state index contributed by atoms with van der Waals surface area (Å²) in [6, 6.07) is 0. The number of hydrogen-bond acceptors (Lipinski definition) is 3. The Bertz CT molecular complexity index is 364. The summed E-state index contributed by atoms with van der Waals surface area (Å²) in [7, 11) is 0. The molecule has 3 rings (SSSR count). The molecule has 3 saturated carbocycles. The maximum atomic E-state index is 9.94. The molecule has 3 aliphatic rings. The summed E-state index contributed by atoms with van der Waals surface area (Å²) in [6.45, 7) is 2.54. The van der Waals surface area contributed by atoms with Crippen molar-refractivity contribution in [2.24, 2.45) is 23.2 Å². The molecule has 0 aromatic rings. The van der Waals surface area contributed by atoms with Gasteiger partial charge in [0.05, 0.1) is 18.3 Å². The van der Waals surface area contributed by atoms with Gasteiger partial charge in [0.1, 0.15) is 0 Å². The molecule has 0 aromatic carbocycles. The van der Waals surface area contributed by atoms with Crippen LogP contribution >= 0.6 is 0 Å². The van der Waals surface area contributed by atoms with Gasteiger partial charge < -0.3 is 15.3 Å². The summed E-state index contributed by atoms with van der Waals surface area (Å²) in [6.07, 6.45) is 15.4. The number of rotatable bonds is 5. The van der Waals surface area contributed by atoms with Crippen molar-refractivity contribution in [1.29, 1.82) is 0 Å². The molecule has 25 heavy (non-hydrogen) atoms. The minimum atomic E-state index is -0.0755. The molecule has 146 valence electrons. The van der Waals surface area contributed by atoms with Crippen molar-refractivity contribution in [2.75, 3.05) is 0 Å². The lowest BCUT2D eigenvalue weighted by atomic mass is 9.57. The Morgan fingerprint density at radius 2 is 0.960 bits per heavy atom. The summed E-state index contributed by atoms with van der Waals surface area (Å²) >= 11 is 0. The van der Waals surface area contributed by atoms with Gasteiger partial charge in [0.15, 0.2) is 0 Å². The zero-order valence-corrected chi connectivity index (χ0v) is 16.2. The summed E-state index contributed by atoms with van der Waals surface area (Å²) in [5, 5.41) is 29.6. The molecule has 0 amide bonds. The molecule has 0 unspecified atom stereocenters. The molecule has 0 saturated heterocycles. The molecule has 0 spiro atoms. The van der Waals surface area contributed by atoms with Crippen LogP contribution in [0.5, 0.6) is 0 Å². The second-order valence-electron chi connectivity index (χ2n) is 9.73. The van der Waals surface area contributed by atoms with Crippen LogP contribution in [0.3, 0.4) is 0 Å². The lowest BCUT2D eigenvalue weighted by Gasteiger charge is -2.49. The second kappa shape index (κ2) is 8.71. The largest absolute Gasteiger partial charge is 0.393 e. The third kappa shape index (κ3) is 4.99. The van der Waals surface area contributed by atoms with E-state index in [2.05, 4.69) is 6.92 Å². The van der Waals surface area contributed by atoms with E-state index in [0.29, 0.717) is 5.41 Å². The van der Waals surface area contributed by atoms with Crippen molar-refractivity contribution in [3.05, 3.63) is 0 Å². The normalized spacial score (nSPS) is 42.7. The van der Waals surface area contributed by atoms with Gasteiger partial charge >= 0.3 is 0 Å². The predicted octanol–water partition coefficient (Wildman–Crippen LogP) is 4.43. The van der Waals surface area contributed by atoms with Crippen LogP contribution in [0.25, 0.3) is 0 Å². The van der Waals surface area contributed by atoms with E-state index in [9.17, 15) is 15.3 Å². The maximum Gasteiger partial charge on any atom is 0.0540 e. The third-order valence-electron chi connectivity index (χ3n) is 8.17. The van der Waals surface area contributed by atoms with Gasteiger partial charge in [-0.25, -0.2) is 0 Å². The highest BCUT2D eigenvalue weighted by Crippen LogP contribution is 2.52. The van der Waals surface area contributed by atoms with Crippen molar-refractivity contribution in [3.63, 3.8) is 0 Å². The zero-order valence-electron chi connectivity index (χ0n) is 16.2. The van der Waals surface area contributed by atoms with Crippen molar-refractivity contribution in [2.45, 2.75) is 115 Å². The molecular formula is C22H40O3. The van der Waals surface area contributed by atoms with Gasteiger partial charge in [-0.1, -0.05) is 6.92 Å². The van der Waals surface area contributed by atoms with Crippen LogP contribution in [-0.2, 0) is 0 Å². The van der Waals surface area contributed by atoms with E-state index >= 15 is 0 Å². The molecule has 0 aliphatic heterocycles. The van der Waals surface area contributed by atoms with Gasteiger partial charge in [-0.05, 0) is 113 Å². The number of aliphatic hydroxyl groups is 3. The van der Waals surface area contributed by atoms with Crippen molar-refractivity contribution in [1.82, 2.24) is 0 Å². The van der Waals surface area contributed by atoms with Crippen LogP contribution < -0.4 is 0 Å². The molecule has 3 N–H and O–H groups in total. The smallest absolute Gasteiger partial charge is 0.0540 e. The fraction of sp³-hybridized carbons (Fsp3) is 1.00. The second-order valence-corrected chi connectivity index (χ2v) is 9.73. The molecule has 3 nitrogen and oxygen atoms in total. The van der Waals surface area contributed by atoms with E-state index in [1.807, 2.05) is 0 Å². The maximum absolute atomic E-state index is 9.94. The molecule has 0 heterocycles. The summed E-state index contributed by atoms with van der Waals surface area (Å²) in [5.41, 5.74) is 0.371. The fourth-order valence-corrected chi connectivity index (χ4v) is 6.16. The average Bonchev–Trinajstić information content (AvgIpc) is 2.62. The molecular weight excluding hydrogens is 312 g/mol. The SMILES string of the molecule is CC(CCC1CCC(O)CC1)(C1CCC(O)CC1)C1CCC(O)CC1. The highest BCUT2D eigenvalue weighted by Gasteiger charge is 2.43. The van der Waals surface area contributed by atoms with E-state index in [0.717, 1.165) is 56.3 Å². The van der Waals surface area contributed by atoms with Crippen LogP contribution in [0.2, 0.25) is 0 Å². The first kappa shape index (κ1) is 19.6. The monoisotopic (exact) mass is 352 g/mol. The van der Waals surface area contributed by atoms with Gasteiger partial charge in [-0.15, -0.1) is 0 Å². The Morgan fingerprint density at radius 3 is 1.36 bits per heavy atom. The van der Waals surface area contributed by atoms with Crippen LogP contribution in [-0.4, -0.2) is 33.6 Å². The quantitative estimate of drug-likeness (QED) is 0.686. The highest BCUT2D eigenvalue weighted by molar-refractivity contribution is 4.94. The molecule has 0 radical (unpaired) electrons. The van der Waals surface area contributed by atoms with Crippen LogP contribution in [0.15, 0.2) is 0 Å². The van der Waals surface area contributed by atoms with Gasteiger partial charge in [-0.3, -0.25) is 0 Å². The Morgan fingerprint density at radius 1 is 0.600 bits per heavy atom. The Balaban J connectivity index is 1.63. The standard InChI is InChI=1S/C22H40O3/c1-22(17-4-10-20(24)11-5-17,18-6-12-21(25)13-7-18)15-14-16-2-8-19(23)9-3-16/h16-21,23-25H,2-15H2,1H3. The Kier molecular flexibility index (Phi) is 6.84. The van der Waals surface area contributed by atoms with Crippen molar-refractivity contribution in [3.8, 4) is 0 Å². The molecule has 0 bridgehead atoms. The first-order valence-electron chi connectivity index (χ1n) is 11.0. The van der Waals surface area contributed by atoms with Crippen molar-refractivity contribution < 1.29 is 15.3 Å². The van der Waals surface area contributed by atoms with E-state index in [1.54, 1.807) is 0 Å². The molecule has 0 aromatic heterocycles. The van der Waals surface area contributed by atoms with E-state index in [-0.39, 0.29) is 18.3 Å². The predicted molar refractivity (Wildman–Crippen MR) is 101 cm³/mol. The minimum absolute atomic E-state index is 0.0534. The summed E-state index contributed by atoms with van der Waals surface area (Å²) < 4.78 is 0. The van der Waals surface area contributed by atoms with E-state index in [4.69, 9.17) is 0 Å². The van der Waals surface area contributed by atoms with Crippen LogP contribution in [0.1, 0.15) is 96.8 Å². The van der Waals surface area contributed by atoms with Gasteiger partial charge in [-0.2, -0.15) is 0 Å². The summed E-state index contributed by atoms with van der Waals surface area (Å²) in [4.78, 5) is 0. The lowest BCUT2D eigenvalue weighted by Crippen LogP contribution is -2.41. The third-order valence-corrected chi connectivity index (χ3v) is 8.17. The fourth-order valence-electron chi connectivity index (χ4n) is 6.16. The molecule has 0 atom stereocenters. The highest BCUT2D eigenvalue weighted by atomic mass is 16.3. The van der Waals surface area contributed by atoms with Crippen LogP contribution in [0.4, 0.5) is 0 Å². The first-order chi connectivity index (χ1) is 12.0. The molecule has 3 aliphatic carbocycles. The number of aliphatic hydroxyl groups excluding tert-OH is 3. The van der Waals surface area contributed by atoms with Gasteiger partial charge in [0.25, 0.3) is 0 Å². The van der Waals surface area contributed by atoms with E-state index in [1.165, 1.54) is 51.4 Å². The first-order valence-corrected chi connectivity index (χ1v) is 11.0. The average molecular weight is 353 g/mol. The van der Waals surface area contributed by atoms with Crippen LogP contribution in [0, 0.1) is 23.2 Å². The minimum Gasteiger partial charge on any atom is -0.393 e. The zero-order chi connectivity index (χ0) is 17.9.